The first-order valence-corrected chi connectivity index (χ1v) is 3.19. The van der Waals surface area contributed by atoms with Crippen molar-refractivity contribution in [3.63, 3.8) is 0 Å². The van der Waals surface area contributed by atoms with E-state index in [9.17, 15) is 0 Å². The molecule has 0 bridgehead atoms. The lowest BCUT2D eigenvalue weighted by Crippen LogP contribution is -1.87. The Morgan fingerprint density at radius 2 is 2.33 bits per heavy atom. The van der Waals surface area contributed by atoms with Gasteiger partial charge in [0.25, 0.3) is 0 Å². The molecule has 0 heterocycles. The number of thiocarbonyl (C=S) groups is 1. The van der Waals surface area contributed by atoms with Crippen LogP contribution in [0.1, 0.15) is 12.5 Å². The SMILES string of the molecule is CC(=S)c1[c]cccc1. The average molecular weight is 135 g/mol. The largest absolute Gasteiger partial charge is 0.0846 e. The van der Waals surface area contributed by atoms with Crippen molar-refractivity contribution < 1.29 is 0 Å². The lowest BCUT2D eigenvalue weighted by molar-refractivity contribution is 1.64. The van der Waals surface area contributed by atoms with Crippen LogP contribution in [0.5, 0.6) is 0 Å². The lowest BCUT2D eigenvalue weighted by Gasteiger charge is -1.91. The molecule has 0 saturated carbocycles. The quantitative estimate of drug-likeness (QED) is 0.420. The summed E-state index contributed by atoms with van der Waals surface area (Å²) in [7, 11) is 0. The molecule has 0 aromatic heterocycles. The molecule has 1 aromatic rings. The van der Waals surface area contributed by atoms with Crippen molar-refractivity contribution in [2.45, 2.75) is 6.92 Å². The molecule has 1 heteroatoms. The van der Waals surface area contributed by atoms with E-state index in [-0.39, 0.29) is 0 Å². The molecule has 0 aliphatic carbocycles. The summed E-state index contributed by atoms with van der Waals surface area (Å²) < 4.78 is 0. The molecule has 0 N–H and O–H groups in total. The van der Waals surface area contributed by atoms with E-state index in [1.165, 1.54) is 0 Å². The normalized spacial score (nSPS) is 9.00. The van der Waals surface area contributed by atoms with Crippen molar-refractivity contribution in [3.05, 3.63) is 35.9 Å². The van der Waals surface area contributed by atoms with Crippen molar-refractivity contribution in [1.29, 1.82) is 0 Å². The third-order valence-corrected chi connectivity index (χ3v) is 1.31. The van der Waals surface area contributed by atoms with Crippen LogP contribution in [0.4, 0.5) is 0 Å². The molecule has 1 radical (unpaired) electrons. The summed E-state index contributed by atoms with van der Waals surface area (Å²) in [5, 5.41) is 0. The molecular weight excluding hydrogens is 128 g/mol. The van der Waals surface area contributed by atoms with Crippen LogP contribution in [0, 0.1) is 6.07 Å². The van der Waals surface area contributed by atoms with Crippen molar-refractivity contribution >= 4 is 17.1 Å². The summed E-state index contributed by atoms with van der Waals surface area (Å²) in [5.74, 6) is 0. The summed E-state index contributed by atoms with van der Waals surface area (Å²) in [6, 6.07) is 10.7. The zero-order chi connectivity index (χ0) is 6.69. The fourth-order valence-corrected chi connectivity index (χ4v) is 0.739. The van der Waals surface area contributed by atoms with E-state index >= 15 is 0 Å². The van der Waals surface area contributed by atoms with Crippen LogP contribution in [-0.4, -0.2) is 4.86 Å². The highest BCUT2D eigenvalue weighted by atomic mass is 32.1. The van der Waals surface area contributed by atoms with Gasteiger partial charge in [-0.2, -0.15) is 0 Å². The van der Waals surface area contributed by atoms with Crippen LogP contribution in [-0.2, 0) is 0 Å². The van der Waals surface area contributed by atoms with Crippen molar-refractivity contribution in [3.8, 4) is 0 Å². The first kappa shape index (κ1) is 6.43. The Kier molecular flexibility index (Phi) is 1.96. The molecule has 45 valence electrons. The molecule has 0 amide bonds. The predicted octanol–water partition coefficient (Wildman–Crippen LogP) is 2.22. The number of hydrogen-bond acceptors (Lipinski definition) is 1. The summed E-state index contributed by atoms with van der Waals surface area (Å²) in [5.41, 5.74) is 1.02. The predicted molar refractivity (Wildman–Crippen MR) is 42.7 cm³/mol. The Morgan fingerprint density at radius 3 is 2.67 bits per heavy atom. The monoisotopic (exact) mass is 135 g/mol. The number of rotatable bonds is 1. The molecule has 0 nitrogen and oxygen atoms in total. The summed E-state index contributed by atoms with van der Waals surface area (Å²) in [6.07, 6.45) is 0. The van der Waals surface area contributed by atoms with Gasteiger partial charge in [-0.05, 0) is 18.6 Å². The Bertz CT molecular complexity index is 201. The van der Waals surface area contributed by atoms with E-state index in [4.69, 9.17) is 12.2 Å². The van der Waals surface area contributed by atoms with Crippen molar-refractivity contribution in [1.82, 2.24) is 0 Å². The van der Waals surface area contributed by atoms with Gasteiger partial charge in [-0.25, -0.2) is 0 Å². The molecule has 1 rings (SSSR count). The van der Waals surface area contributed by atoms with Crippen LogP contribution in [0.15, 0.2) is 24.3 Å². The van der Waals surface area contributed by atoms with Crippen LogP contribution in [0.3, 0.4) is 0 Å². The maximum absolute atomic E-state index is 4.93. The van der Waals surface area contributed by atoms with Crippen LogP contribution >= 0.6 is 12.2 Å². The minimum absolute atomic E-state index is 0.899. The van der Waals surface area contributed by atoms with E-state index in [1.54, 1.807) is 0 Å². The average Bonchev–Trinajstić information content (AvgIpc) is 1.90. The highest BCUT2D eigenvalue weighted by molar-refractivity contribution is 7.80. The lowest BCUT2D eigenvalue weighted by atomic mass is 10.2. The van der Waals surface area contributed by atoms with Gasteiger partial charge >= 0.3 is 0 Å². The number of benzene rings is 1. The topological polar surface area (TPSA) is 0 Å². The maximum Gasteiger partial charge on any atom is 0.0199 e. The standard InChI is InChI=1S/C8H7S/c1-7(9)8-5-3-2-4-6-8/h2-5H,1H3. The Labute approximate surface area is 60.5 Å². The molecule has 0 atom stereocenters. The van der Waals surface area contributed by atoms with E-state index < -0.39 is 0 Å². The van der Waals surface area contributed by atoms with Crippen LogP contribution in [0.25, 0.3) is 0 Å². The fourth-order valence-electron chi connectivity index (χ4n) is 0.612. The molecule has 0 saturated heterocycles. The van der Waals surface area contributed by atoms with Gasteiger partial charge < -0.3 is 0 Å². The molecule has 0 unspecified atom stereocenters. The second-order valence-corrected chi connectivity index (χ2v) is 2.44. The highest BCUT2D eigenvalue weighted by Crippen LogP contribution is 1.98. The highest BCUT2D eigenvalue weighted by Gasteiger charge is 1.89. The first-order valence-electron chi connectivity index (χ1n) is 2.78. The van der Waals surface area contributed by atoms with E-state index in [2.05, 4.69) is 6.07 Å². The molecule has 0 aliphatic heterocycles. The molecule has 1 aromatic carbocycles. The van der Waals surface area contributed by atoms with Crippen molar-refractivity contribution in [2.75, 3.05) is 0 Å². The Hall–Kier alpha value is -0.690. The number of hydrogen-bond donors (Lipinski definition) is 0. The molecule has 0 aliphatic rings. The third-order valence-electron chi connectivity index (χ3n) is 1.09. The smallest absolute Gasteiger partial charge is 0.0199 e. The summed E-state index contributed by atoms with van der Waals surface area (Å²) in [4.78, 5) is 0.899. The fraction of sp³-hybridized carbons (Fsp3) is 0.125. The second kappa shape index (κ2) is 2.74. The zero-order valence-corrected chi connectivity index (χ0v) is 6.03. The Balaban J connectivity index is 2.98. The molecule has 0 spiro atoms. The zero-order valence-electron chi connectivity index (χ0n) is 5.22. The molecular formula is C8H7S. The Morgan fingerprint density at radius 1 is 1.56 bits per heavy atom. The minimum atomic E-state index is 0.899. The van der Waals surface area contributed by atoms with Gasteiger partial charge in [-0.3, -0.25) is 0 Å². The third kappa shape index (κ3) is 1.61. The molecule has 0 fully saturated rings. The maximum atomic E-state index is 4.93. The van der Waals surface area contributed by atoms with Crippen molar-refractivity contribution in [2.24, 2.45) is 0 Å². The van der Waals surface area contributed by atoms with E-state index in [0.29, 0.717) is 0 Å². The van der Waals surface area contributed by atoms with E-state index in [1.807, 2.05) is 31.2 Å². The van der Waals surface area contributed by atoms with Gasteiger partial charge in [-0.15, -0.1) is 0 Å². The van der Waals surface area contributed by atoms with Gasteiger partial charge in [0.15, 0.2) is 0 Å². The molecule has 9 heavy (non-hydrogen) atoms. The summed E-state index contributed by atoms with van der Waals surface area (Å²) >= 11 is 4.93. The van der Waals surface area contributed by atoms with Gasteiger partial charge in [0.2, 0.25) is 0 Å². The van der Waals surface area contributed by atoms with Gasteiger partial charge in [0, 0.05) is 4.86 Å². The summed E-state index contributed by atoms with van der Waals surface area (Å²) in [6.45, 7) is 1.90. The van der Waals surface area contributed by atoms with Gasteiger partial charge in [-0.1, -0.05) is 36.5 Å². The van der Waals surface area contributed by atoms with Crippen LogP contribution < -0.4 is 0 Å². The second-order valence-electron chi connectivity index (χ2n) is 1.83. The van der Waals surface area contributed by atoms with Crippen LogP contribution in [0.2, 0.25) is 0 Å². The minimum Gasteiger partial charge on any atom is -0.0846 e. The van der Waals surface area contributed by atoms with Gasteiger partial charge in [0.1, 0.15) is 0 Å². The van der Waals surface area contributed by atoms with E-state index in [0.717, 1.165) is 10.4 Å². The van der Waals surface area contributed by atoms with Gasteiger partial charge in [0.05, 0.1) is 0 Å². The first-order chi connectivity index (χ1) is 4.30.